The van der Waals surface area contributed by atoms with Crippen LogP contribution in [0.4, 0.5) is 4.39 Å². The van der Waals surface area contributed by atoms with Gasteiger partial charge < -0.3 is 25.1 Å². The summed E-state index contributed by atoms with van der Waals surface area (Å²) < 4.78 is 14.9. The number of Topliss-reactive ketones (excluding diaryl/α,β-unsaturated/α-hetero) is 2. The second kappa shape index (κ2) is 12.1. The lowest BCUT2D eigenvalue weighted by Crippen LogP contribution is -2.57. The summed E-state index contributed by atoms with van der Waals surface area (Å²) in [5, 5.41) is 31.2. The molecule has 218 valence electrons. The zero-order valence-electron chi connectivity index (χ0n) is 24.2. The number of phenolic OH excluding ortho intramolecular Hbond substituents is 2. The Labute approximate surface area is 240 Å². The number of aromatic hydroxyl groups is 2. The lowest BCUT2D eigenvalue weighted by atomic mass is 9.67. The molecular formula is C33H39FN2O5. The van der Waals surface area contributed by atoms with E-state index in [2.05, 4.69) is 0 Å². The summed E-state index contributed by atoms with van der Waals surface area (Å²) in [6.07, 6.45) is 0. The van der Waals surface area contributed by atoms with E-state index in [9.17, 15) is 29.3 Å². The molecule has 0 amide bonds. The van der Waals surface area contributed by atoms with E-state index in [1.807, 2.05) is 23.9 Å². The molecule has 0 bridgehead atoms. The highest BCUT2D eigenvalue weighted by molar-refractivity contribution is 6.02. The van der Waals surface area contributed by atoms with Gasteiger partial charge in [0.25, 0.3) is 0 Å². The number of ketones is 2. The number of carbonyl (C=O) groups excluding carboxylic acids is 2. The first-order chi connectivity index (χ1) is 19.3. The molecule has 0 aliphatic carbocycles. The van der Waals surface area contributed by atoms with Crippen LogP contribution in [0.3, 0.4) is 0 Å². The maximum Gasteiger partial charge on any atom is 0.167 e. The standard InChI is InChI=1S/C33H39FN2O5/c1-20-25(13-8-14-28(20)34)30-26(31(39)21-9-6-11-23(37)15-21)17-36(19-29(35(4)5)33(2,3)41)18-27(30)32(40)22-10-7-12-24(38)16-22/h6-16,26-27,29-30,37-38,41H,17-19H2,1-5H3/t26-,27+,29-,30+/m0/s1. The molecular weight excluding hydrogens is 523 g/mol. The van der Waals surface area contributed by atoms with E-state index in [0.29, 0.717) is 28.8 Å². The maximum atomic E-state index is 14.9. The monoisotopic (exact) mass is 562 g/mol. The Morgan fingerprint density at radius 3 is 1.85 bits per heavy atom. The van der Waals surface area contributed by atoms with Gasteiger partial charge in [-0.05, 0) is 76.3 Å². The molecule has 3 aromatic carbocycles. The molecule has 1 fully saturated rings. The first-order valence-corrected chi connectivity index (χ1v) is 13.8. The number of phenols is 2. The molecule has 0 unspecified atom stereocenters. The van der Waals surface area contributed by atoms with Gasteiger partial charge in [0, 0.05) is 48.5 Å². The molecule has 1 aliphatic rings. The number of aliphatic hydroxyl groups is 1. The van der Waals surface area contributed by atoms with Gasteiger partial charge in [0.1, 0.15) is 17.3 Å². The van der Waals surface area contributed by atoms with Crippen molar-refractivity contribution >= 4 is 11.6 Å². The molecule has 4 rings (SSSR count). The largest absolute Gasteiger partial charge is 0.508 e. The highest BCUT2D eigenvalue weighted by Crippen LogP contribution is 2.43. The van der Waals surface area contributed by atoms with Crippen LogP contribution >= 0.6 is 0 Å². The quantitative estimate of drug-likeness (QED) is 0.327. The van der Waals surface area contributed by atoms with Crippen LogP contribution in [-0.4, -0.2) is 82.1 Å². The average Bonchev–Trinajstić information content (AvgIpc) is 2.91. The molecule has 7 nitrogen and oxygen atoms in total. The molecule has 3 N–H and O–H groups in total. The van der Waals surface area contributed by atoms with E-state index >= 15 is 0 Å². The van der Waals surface area contributed by atoms with Gasteiger partial charge in [-0.15, -0.1) is 0 Å². The number of hydrogen-bond donors (Lipinski definition) is 3. The van der Waals surface area contributed by atoms with Crippen LogP contribution in [0.25, 0.3) is 0 Å². The van der Waals surface area contributed by atoms with Gasteiger partial charge >= 0.3 is 0 Å². The van der Waals surface area contributed by atoms with Gasteiger partial charge in [-0.1, -0.05) is 36.4 Å². The molecule has 1 saturated heterocycles. The predicted molar refractivity (Wildman–Crippen MR) is 156 cm³/mol. The summed E-state index contributed by atoms with van der Waals surface area (Å²) in [6.45, 7) is 6.01. The number of likely N-dealkylation sites (tertiary alicyclic amines) is 1. The van der Waals surface area contributed by atoms with Crippen LogP contribution < -0.4 is 0 Å². The minimum Gasteiger partial charge on any atom is -0.508 e. The summed E-state index contributed by atoms with van der Waals surface area (Å²) in [4.78, 5) is 32.4. The van der Waals surface area contributed by atoms with E-state index in [1.54, 1.807) is 57.2 Å². The van der Waals surface area contributed by atoms with Crippen molar-refractivity contribution in [2.75, 3.05) is 33.7 Å². The number of halogens is 1. The van der Waals surface area contributed by atoms with Gasteiger partial charge in [0.2, 0.25) is 0 Å². The number of rotatable bonds is 9. The molecule has 3 aromatic rings. The van der Waals surface area contributed by atoms with E-state index in [0.717, 1.165) is 0 Å². The number of hydrogen-bond acceptors (Lipinski definition) is 7. The molecule has 0 aromatic heterocycles. The number of nitrogens with zero attached hydrogens (tertiary/aromatic N) is 2. The van der Waals surface area contributed by atoms with E-state index < -0.39 is 29.2 Å². The van der Waals surface area contributed by atoms with Crippen molar-refractivity contribution in [2.45, 2.75) is 38.3 Å². The third-order valence-electron chi connectivity index (χ3n) is 8.25. The Bertz CT molecular complexity index is 1350. The van der Waals surface area contributed by atoms with Gasteiger partial charge in [-0.3, -0.25) is 9.59 Å². The molecule has 1 aliphatic heterocycles. The Morgan fingerprint density at radius 1 is 0.927 bits per heavy atom. The van der Waals surface area contributed by atoms with Crippen molar-refractivity contribution < 1.29 is 29.3 Å². The minimum atomic E-state index is -1.07. The summed E-state index contributed by atoms with van der Waals surface area (Å²) in [7, 11) is 3.74. The fraction of sp³-hybridized carbons (Fsp3) is 0.394. The van der Waals surface area contributed by atoms with Crippen molar-refractivity contribution in [3.05, 3.63) is 94.8 Å². The summed E-state index contributed by atoms with van der Waals surface area (Å²) in [5.41, 5.74) is 0.469. The fourth-order valence-corrected chi connectivity index (χ4v) is 6.21. The third kappa shape index (κ3) is 6.67. The van der Waals surface area contributed by atoms with Crippen LogP contribution in [0, 0.1) is 24.6 Å². The smallest absolute Gasteiger partial charge is 0.167 e. The topological polar surface area (TPSA) is 101 Å². The Hall–Kier alpha value is -3.59. The van der Waals surface area contributed by atoms with E-state index in [1.165, 1.54) is 30.3 Å². The molecule has 0 spiro atoms. The molecule has 0 radical (unpaired) electrons. The Kier molecular flexibility index (Phi) is 8.97. The Balaban J connectivity index is 1.88. The summed E-state index contributed by atoms with van der Waals surface area (Å²) in [6, 6.07) is 16.6. The summed E-state index contributed by atoms with van der Waals surface area (Å²) in [5.74, 6) is -3.26. The molecule has 8 heteroatoms. The fourth-order valence-electron chi connectivity index (χ4n) is 6.21. The number of likely N-dealkylation sites (N-methyl/N-ethyl adjacent to an activating group) is 1. The van der Waals surface area contributed by atoms with E-state index in [-0.39, 0.29) is 42.2 Å². The second-order valence-electron chi connectivity index (χ2n) is 11.9. The third-order valence-corrected chi connectivity index (χ3v) is 8.25. The maximum absolute atomic E-state index is 14.9. The van der Waals surface area contributed by atoms with Crippen molar-refractivity contribution in [1.82, 2.24) is 9.80 Å². The SMILES string of the molecule is Cc1c(F)cccc1[C@@H]1[C@@H](C(=O)c2cccc(O)c2)CN(C[C@H](N(C)C)C(C)(C)O)C[C@H]1C(=O)c1cccc(O)c1. The summed E-state index contributed by atoms with van der Waals surface area (Å²) >= 11 is 0. The van der Waals surface area contributed by atoms with Crippen LogP contribution in [0.1, 0.15) is 51.6 Å². The Morgan fingerprint density at radius 2 is 1.41 bits per heavy atom. The first kappa shape index (κ1) is 30.4. The first-order valence-electron chi connectivity index (χ1n) is 13.8. The highest BCUT2D eigenvalue weighted by Gasteiger charge is 2.46. The zero-order chi connectivity index (χ0) is 30.1. The highest BCUT2D eigenvalue weighted by atomic mass is 19.1. The van der Waals surface area contributed by atoms with Crippen LogP contribution in [0.15, 0.2) is 66.7 Å². The van der Waals surface area contributed by atoms with Gasteiger partial charge in [0.05, 0.1) is 11.6 Å². The van der Waals surface area contributed by atoms with Crippen LogP contribution in [0.5, 0.6) is 11.5 Å². The molecule has 4 atom stereocenters. The number of piperidine rings is 1. The van der Waals surface area contributed by atoms with Gasteiger partial charge in [0.15, 0.2) is 11.6 Å². The van der Waals surface area contributed by atoms with Crippen LogP contribution in [-0.2, 0) is 0 Å². The van der Waals surface area contributed by atoms with Crippen molar-refractivity contribution in [3.63, 3.8) is 0 Å². The van der Waals surface area contributed by atoms with Gasteiger partial charge in [-0.25, -0.2) is 4.39 Å². The van der Waals surface area contributed by atoms with Crippen molar-refractivity contribution in [1.29, 1.82) is 0 Å². The normalized spacial score (nSPS) is 20.6. The van der Waals surface area contributed by atoms with Crippen LogP contribution in [0.2, 0.25) is 0 Å². The lowest BCUT2D eigenvalue weighted by Gasteiger charge is -2.46. The van der Waals surface area contributed by atoms with Gasteiger partial charge in [-0.2, -0.15) is 0 Å². The molecule has 0 saturated carbocycles. The lowest BCUT2D eigenvalue weighted by molar-refractivity contribution is -0.0258. The molecule has 41 heavy (non-hydrogen) atoms. The molecule has 1 heterocycles. The number of carbonyl (C=O) groups is 2. The zero-order valence-corrected chi connectivity index (χ0v) is 24.2. The van der Waals surface area contributed by atoms with Crippen molar-refractivity contribution in [2.24, 2.45) is 11.8 Å². The predicted octanol–water partition coefficient (Wildman–Crippen LogP) is 4.64. The number of benzene rings is 3. The minimum absolute atomic E-state index is 0.0518. The average molecular weight is 563 g/mol. The second-order valence-corrected chi connectivity index (χ2v) is 11.9. The van der Waals surface area contributed by atoms with E-state index in [4.69, 9.17) is 0 Å². The van der Waals surface area contributed by atoms with Crippen molar-refractivity contribution in [3.8, 4) is 11.5 Å².